The number of nitrogens with two attached hydrogens (primary N) is 1. The van der Waals surface area contributed by atoms with E-state index in [2.05, 4.69) is 17.2 Å². The highest BCUT2D eigenvalue weighted by Crippen LogP contribution is 2.32. The van der Waals surface area contributed by atoms with E-state index in [0.29, 0.717) is 16.5 Å². The Kier molecular flexibility index (Phi) is 3.61. The number of nitrogens with one attached hydrogen (secondary N) is 1. The first-order chi connectivity index (χ1) is 9.65. The number of carbonyl (C=O) groups excluding carboxylic acids is 1. The van der Waals surface area contributed by atoms with Crippen LogP contribution in [0, 0.1) is 5.92 Å². The molecule has 5 heteroatoms. The Morgan fingerprint density at radius 1 is 1.50 bits per heavy atom. The molecule has 0 bridgehead atoms. The number of thiophene rings is 1. The molecule has 1 saturated carbocycles. The number of amides is 1. The number of pyridine rings is 1. The lowest BCUT2D eigenvalue weighted by atomic mass is 9.87. The standard InChI is InChI=1S/C15H19N3OS/c1-9-4-2-5-10(8-9)18-15(19)14-12(16)13-11(20-14)6-3-7-17-13/h3,6-7,9-10H,2,4-5,8,16H2,1H3,(H,18,19). The molecule has 20 heavy (non-hydrogen) atoms. The lowest BCUT2D eigenvalue weighted by Crippen LogP contribution is -2.37. The predicted molar refractivity (Wildman–Crippen MR) is 82.9 cm³/mol. The molecule has 106 valence electrons. The van der Waals surface area contributed by atoms with E-state index in [1.54, 1.807) is 6.20 Å². The Labute approximate surface area is 122 Å². The number of nitrogens with zero attached hydrogens (tertiary/aromatic N) is 1. The quantitative estimate of drug-likeness (QED) is 0.892. The summed E-state index contributed by atoms with van der Waals surface area (Å²) in [7, 11) is 0. The normalized spacial score (nSPS) is 22.9. The van der Waals surface area contributed by atoms with Crippen molar-refractivity contribution in [1.82, 2.24) is 10.3 Å². The summed E-state index contributed by atoms with van der Waals surface area (Å²) in [6.45, 7) is 2.25. The first-order valence-electron chi connectivity index (χ1n) is 7.09. The lowest BCUT2D eigenvalue weighted by molar-refractivity contribution is 0.0926. The van der Waals surface area contributed by atoms with E-state index >= 15 is 0 Å². The molecule has 1 amide bonds. The lowest BCUT2D eigenvalue weighted by Gasteiger charge is -2.27. The van der Waals surface area contributed by atoms with Crippen molar-refractivity contribution in [3.8, 4) is 0 Å². The van der Waals surface area contributed by atoms with Crippen LogP contribution in [-0.2, 0) is 0 Å². The van der Waals surface area contributed by atoms with Gasteiger partial charge in [0.05, 0.1) is 10.4 Å². The maximum atomic E-state index is 12.4. The van der Waals surface area contributed by atoms with E-state index in [-0.39, 0.29) is 11.9 Å². The third-order valence-electron chi connectivity index (χ3n) is 3.96. The summed E-state index contributed by atoms with van der Waals surface area (Å²) in [5.74, 6) is 0.639. The van der Waals surface area contributed by atoms with Crippen molar-refractivity contribution < 1.29 is 4.79 Å². The van der Waals surface area contributed by atoms with Crippen LogP contribution in [0.3, 0.4) is 0 Å². The highest BCUT2D eigenvalue weighted by Gasteiger charge is 2.23. The topological polar surface area (TPSA) is 68.0 Å². The minimum Gasteiger partial charge on any atom is -0.396 e. The fraction of sp³-hybridized carbons (Fsp3) is 0.467. The number of fused-ring (bicyclic) bond motifs is 1. The number of rotatable bonds is 2. The maximum Gasteiger partial charge on any atom is 0.263 e. The van der Waals surface area contributed by atoms with Crippen LogP contribution >= 0.6 is 11.3 Å². The summed E-state index contributed by atoms with van der Waals surface area (Å²) >= 11 is 1.42. The predicted octanol–water partition coefficient (Wildman–Crippen LogP) is 3.19. The Morgan fingerprint density at radius 2 is 2.35 bits per heavy atom. The summed E-state index contributed by atoms with van der Waals surface area (Å²) in [5, 5.41) is 3.13. The van der Waals surface area contributed by atoms with Crippen molar-refractivity contribution in [1.29, 1.82) is 0 Å². The molecule has 0 saturated heterocycles. The molecule has 2 unspecified atom stereocenters. The van der Waals surface area contributed by atoms with Gasteiger partial charge in [-0.15, -0.1) is 11.3 Å². The van der Waals surface area contributed by atoms with E-state index in [9.17, 15) is 4.79 Å². The van der Waals surface area contributed by atoms with Crippen LogP contribution in [0.25, 0.3) is 10.2 Å². The van der Waals surface area contributed by atoms with Gasteiger partial charge in [-0.2, -0.15) is 0 Å². The molecule has 0 radical (unpaired) electrons. The zero-order valence-electron chi connectivity index (χ0n) is 11.6. The van der Waals surface area contributed by atoms with Gasteiger partial charge in [-0.1, -0.05) is 19.8 Å². The van der Waals surface area contributed by atoms with Crippen LogP contribution in [0.4, 0.5) is 5.69 Å². The number of hydrogen-bond donors (Lipinski definition) is 2. The number of carbonyl (C=O) groups is 1. The average Bonchev–Trinajstić information content (AvgIpc) is 2.77. The maximum absolute atomic E-state index is 12.4. The highest BCUT2D eigenvalue weighted by atomic mass is 32.1. The van der Waals surface area contributed by atoms with E-state index in [4.69, 9.17) is 5.73 Å². The number of nitrogen functional groups attached to an aromatic ring is 1. The van der Waals surface area contributed by atoms with Crippen LogP contribution in [0.1, 0.15) is 42.3 Å². The van der Waals surface area contributed by atoms with E-state index in [1.807, 2.05) is 12.1 Å². The monoisotopic (exact) mass is 289 g/mol. The fourth-order valence-corrected chi connectivity index (χ4v) is 3.92. The molecule has 1 aliphatic rings. The van der Waals surface area contributed by atoms with Crippen LogP contribution in [0.15, 0.2) is 18.3 Å². The van der Waals surface area contributed by atoms with Gasteiger partial charge in [0.15, 0.2) is 0 Å². The summed E-state index contributed by atoms with van der Waals surface area (Å²) in [4.78, 5) is 17.2. The molecule has 3 N–H and O–H groups in total. The zero-order valence-corrected chi connectivity index (χ0v) is 12.4. The Balaban J connectivity index is 1.80. The first-order valence-corrected chi connectivity index (χ1v) is 7.90. The highest BCUT2D eigenvalue weighted by molar-refractivity contribution is 7.21. The van der Waals surface area contributed by atoms with Crippen LogP contribution in [0.5, 0.6) is 0 Å². The van der Waals surface area contributed by atoms with E-state index < -0.39 is 0 Å². The smallest absolute Gasteiger partial charge is 0.263 e. The minimum atomic E-state index is -0.0513. The van der Waals surface area contributed by atoms with Crippen LogP contribution < -0.4 is 11.1 Å². The molecule has 0 aliphatic heterocycles. The van der Waals surface area contributed by atoms with Crippen molar-refractivity contribution in [2.75, 3.05) is 5.73 Å². The van der Waals surface area contributed by atoms with Crippen molar-refractivity contribution in [3.63, 3.8) is 0 Å². The van der Waals surface area contributed by atoms with Gasteiger partial charge in [-0.05, 0) is 30.9 Å². The van der Waals surface area contributed by atoms with Crippen molar-refractivity contribution >= 4 is 33.1 Å². The van der Waals surface area contributed by atoms with Gasteiger partial charge in [0, 0.05) is 12.2 Å². The van der Waals surface area contributed by atoms with E-state index in [0.717, 1.165) is 23.1 Å². The molecule has 1 fully saturated rings. The molecule has 1 aliphatic carbocycles. The zero-order chi connectivity index (χ0) is 14.1. The minimum absolute atomic E-state index is 0.0513. The van der Waals surface area contributed by atoms with Gasteiger partial charge in [0.25, 0.3) is 5.91 Å². The molecule has 0 aromatic carbocycles. The molecular formula is C15H19N3OS. The van der Waals surface area contributed by atoms with Gasteiger partial charge in [-0.25, -0.2) is 0 Å². The second-order valence-electron chi connectivity index (χ2n) is 5.64. The number of aromatic nitrogens is 1. The molecule has 2 aromatic heterocycles. The second kappa shape index (κ2) is 5.40. The average molecular weight is 289 g/mol. The molecule has 4 nitrogen and oxygen atoms in total. The van der Waals surface area contributed by atoms with Crippen molar-refractivity contribution in [2.24, 2.45) is 5.92 Å². The number of anilines is 1. The molecule has 2 heterocycles. The van der Waals surface area contributed by atoms with Gasteiger partial charge >= 0.3 is 0 Å². The molecule has 2 atom stereocenters. The SMILES string of the molecule is CC1CCCC(NC(=O)c2sc3cccnc3c2N)C1. The van der Waals surface area contributed by atoms with Crippen LogP contribution in [0.2, 0.25) is 0 Å². The van der Waals surface area contributed by atoms with Gasteiger partial charge in [0.1, 0.15) is 10.4 Å². The van der Waals surface area contributed by atoms with Gasteiger partial charge in [-0.3, -0.25) is 9.78 Å². The summed E-state index contributed by atoms with van der Waals surface area (Å²) < 4.78 is 0.965. The Hall–Kier alpha value is -1.62. The van der Waals surface area contributed by atoms with Crippen molar-refractivity contribution in [2.45, 2.75) is 38.6 Å². The number of hydrogen-bond acceptors (Lipinski definition) is 4. The fourth-order valence-electron chi connectivity index (χ4n) is 2.93. The van der Waals surface area contributed by atoms with Gasteiger partial charge < -0.3 is 11.1 Å². The Morgan fingerprint density at radius 3 is 3.10 bits per heavy atom. The van der Waals surface area contributed by atoms with E-state index in [1.165, 1.54) is 24.2 Å². The third-order valence-corrected chi connectivity index (χ3v) is 5.12. The third kappa shape index (κ3) is 2.50. The van der Waals surface area contributed by atoms with Crippen LogP contribution in [-0.4, -0.2) is 16.9 Å². The van der Waals surface area contributed by atoms with Gasteiger partial charge in [0.2, 0.25) is 0 Å². The molecule has 0 spiro atoms. The molecular weight excluding hydrogens is 270 g/mol. The summed E-state index contributed by atoms with van der Waals surface area (Å²) in [5.41, 5.74) is 7.30. The second-order valence-corrected chi connectivity index (χ2v) is 6.69. The Bertz CT molecular complexity index is 637. The summed E-state index contributed by atoms with van der Waals surface area (Å²) in [6.07, 6.45) is 6.29. The molecule has 2 aromatic rings. The van der Waals surface area contributed by atoms with Crippen molar-refractivity contribution in [3.05, 3.63) is 23.2 Å². The molecule has 3 rings (SSSR count). The first kappa shape index (κ1) is 13.4. The summed E-state index contributed by atoms with van der Waals surface area (Å²) in [6, 6.07) is 4.09. The largest absolute Gasteiger partial charge is 0.396 e.